The van der Waals surface area contributed by atoms with Gasteiger partial charge in [-0.3, -0.25) is 0 Å². The first-order valence-corrected chi connectivity index (χ1v) is 5.84. The first-order chi connectivity index (χ1) is 7.15. The van der Waals surface area contributed by atoms with Gasteiger partial charge in [-0.1, -0.05) is 38.1 Å². The van der Waals surface area contributed by atoms with Gasteiger partial charge in [0.15, 0.2) is 0 Å². The highest BCUT2D eigenvalue weighted by Crippen LogP contribution is 2.18. The highest BCUT2D eigenvalue weighted by Gasteiger charge is 2.12. The van der Waals surface area contributed by atoms with Gasteiger partial charge in [0, 0.05) is 0 Å². The summed E-state index contributed by atoms with van der Waals surface area (Å²) in [6.45, 7) is 7.96. The van der Waals surface area contributed by atoms with Crippen LogP contribution in [-0.2, 0) is 6.42 Å². The Morgan fingerprint density at radius 3 is 2.40 bits per heavy atom. The SMILES string of the molecule is CNCC(C)C(C)Cc1ccccc1C. The van der Waals surface area contributed by atoms with Crippen molar-refractivity contribution in [3.05, 3.63) is 35.4 Å². The Kier molecular flexibility index (Phi) is 4.83. The van der Waals surface area contributed by atoms with Crippen LogP contribution in [0.4, 0.5) is 0 Å². The molecule has 84 valence electrons. The molecule has 1 rings (SSSR count). The molecule has 0 saturated heterocycles. The van der Waals surface area contributed by atoms with Gasteiger partial charge in [-0.15, -0.1) is 0 Å². The van der Waals surface area contributed by atoms with Gasteiger partial charge in [0.1, 0.15) is 0 Å². The van der Waals surface area contributed by atoms with Crippen LogP contribution >= 0.6 is 0 Å². The van der Waals surface area contributed by atoms with E-state index in [1.165, 1.54) is 17.5 Å². The summed E-state index contributed by atoms with van der Waals surface area (Å²) >= 11 is 0. The molecule has 0 spiro atoms. The van der Waals surface area contributed by atoms with Crippen LogP contribution in [0, 0.1) is 18.8 Å². The summed E-state index contributed by atoms with van der Waals surface area (Å²) < 4.78 is 0. The van der Waals surface area contributed by atoms with E-state index in [9.17, 15) is 0 Å². The van der Waals surface area contributed by atoms with Crippen molar-refractivity contribution in [2.24, 2.45) is 11.8 Å². The third-order valence-corrected chi connectivity index (χ3v) is 3.30. The van der Waals surface area contributed by atoms with Crippen molar-refractivity contribution < 1.29 is 0 Å². The molecule has 0 bridgehead atoms. The Balaban J connectivity index is 2.58. The first kappa shape index (κ1) is 12.3. The third-order valence-electron chi connectivity index (χ3n) is 3.30. The van der Waals surface area contributed by atoms with E-state index >= 15 is 0 Å². The number of nitrogens with one attached hydrogen (secondary N) is 1. The van der Waals surface area contributed by atoms with Crippen molar-refractivity contribution in [3.8, 4) is 0 Å². The summed E-state index contributed by atoms with van der Waals surface area (Å²) in [5, 5.41) is 3.25. The highest BCUT2D eigenvalue weighted by molar-refractivity contribution is 5.25. The second-order valence-corrected chi connectivity index (χ2v) is 4.64. The fourth-order valence-corrected chi connectivity index (χ4v) is 1.91. The smallest absolute Gasteiger partial charge is 0.00235 e. The Hall–Kier alpha value is -0.820. The molecular weight excluding hydrogens is 182 g/mol. The van der Waals surface area contributed by atoms with Crippen molar-refractivity contribution in [3.63, 3.8) is 0 Å². The largest absolute Gasteiger partial charge is 0.319 e. The molecule has 0 aromatic heterocycles. The molecule has 0 aliphatic rings. The topological polar surface area (TPSA) is 12.0 Å². The van der Waals surface area contributed by atoms with Gasteiger partial charge in [-0.05, 0) is 49.9 Å². The minimum atomic E-state index is 0.731. The molecule has 1 aromatic carbocycles. The zero-order valence-corrected chi connectivity index (χ0v) is 10.4. The van der Waals surface area contributed by atoms with Crippen molar-refractivity contribution >= 4 is 0 Å². The van der Waals surface area contributed by atoms with E-state index in [1.54, 1.807) is 0 Å². The molecule has 15 heavy (non-hydrogen) atoms. The molecule has 0 aliphatic carbocycles. The van der Waals surface area contributed by atoms with Crippen LogP contribution in [0.5, 0.6) is 0 Å². The van der Waals surface area contributed by atoms with E-state index in [0.29, 0.717) is 0 Å². The standard InChI is InChI=1S/C14H23N/c1-11-7-5-6-8-14(11)9-12(2)13(3)10-15-4/h5-8,12-13,15H,9-10H2,1-4H3. The van der Waals surface area contributed by atoms with Gasteiger partial charge in [0.05, 0.1) is 0 Å². The zero-order valence-electron chi connectivity index (χ0n) is 10.4. The van der Waals surface area contributed by atoms with E-state index in [0.717, 1.165) is 18.4 Å². The van der Waals surface area contributed by atoms with Crippen molar-refractivity contribution in [1.29, 1.82) is 0 Å². The van der Waals surface area contributed by atoms with E-state index in [1.807, 2.05) is 7.05 Å². The lowest BCUT2D eigenvalue weighted by atomic mass is 9.88. The molecule has 1 nitrogen and oxygen atoms in total. The maximum Gasteiger partial charge on any atom is -0.00235 e. The number of hydrogen-bond acceptors (Lipinski definition) is 1. The lowest BCUT2D eigenvalue weighted by Gasteiger charge is -2.20. The summed E-state index contributed by atoms with van der Waals surface area (Å²) in [6, 6.07) is 8.70. The van der Waals surface area contributed by atoms with Crippen LogP contribution in [-0.4, -0.2) is 13.6 Å². The fraction of sp³-hybridized carbons (Fsp3) is 0.571. The van der Waals surface area contributed by atoms with Crippen LogP contribution in [0.15, 0.2) is 24.3 Å². The molecule has 1 N–H and O–H groups in total. The van der Waals surface area contributed by atoms with Gasteiger partial charge in [-0.25, -0.2) is 0 Å². The molecular formula is C14H23N. The molecule has 1 heteroatoms. The summed E-state index contributed by atoms with van der Waals surface area (Å²) in [5.41, 5.74) is 2.91. The fourth-order valence-electron chi connectivity index (χ4n) is 1.91. The predicted octanol–water partition coefficient (Wildman–Crippen LogP) is 3.03. The van der Waals surface area contributed by atoms with E-state index in [-0.39, 0.29) is 0 Å². The molecule has 0 heterocycles. The predicted molar refractivity (Wildman–Crippen MR) is 67.1 cm³/mol. The first-order valence-electron chi connectivity index (χ1n) is 5.84. The van der Waals surface area contributed by atoms with Gasteiger partial charge < -0.3 is 5.32 Å². The van der Waals surface area contributed by atoms with Crippen molar-refractivity contribution in [2.75, 3.05) is 13.6 Å². The lowest BCUT2D eigenvalue weighted by molar-refractivity contribution is 0.374. The summed E-state index contributed by atoms with van der Waals surface area (Å²) in [7, 11) is 2.02. The summed E-state index contributed by atoms with van der Waals surface area (Å²) in [5.74, 6) is 1.47. The number of benzene rings is 1. The van der Waals surface area contributed by atoms with Gasteiger partial charge in [-0.2, -0.15) is 0 Å². The molecule has 0 aliphatic heterocycles. The van der Waals surface area contributed by atoms with Crippen LogP contribution in [0.25, 0.3) is 0 Å². The molecule has 2 unspecified atom stereocenters. The minimum absolute atomic E-state index is 0.731. The maximum atomic E-state index is 3.25. The van der Waals surface area contributed by atoms with Crippen LogP contribution in [0.2, 0.25) is 0 Å². The van der Waals surface area contributed by atoms with E-state index in [2.05, 4.69) is 50.4 Å². The summed E-state index contributed by atoms with van der Waals surface area (Å²) in [4.78, 5) is 0. The highest BCUT2D eigenvalue weighted by atomic mass is 14.8. The second kappa shape index (κ2) is 5.92. The summed E-state index contributed by atoms with van der Waals surface area (Å²) in [6.07, 6.45) is 1.19. The molecule has 1 aromatic rings. The quantitative estimate of drug-likeness (QED) is 0.779. The van der Waals surface area contributed by atoms with Crippen molar-refractivity contribution in [2.45, 2.75) is 27.2 Å². The van der Waals surface area contributed by atoms with Crippen LogP contribution in [0.1, 0.15) is 25.0 Å². The normalized spacial score (nSPS) is 14.9. The second-order valence-electron chi connectivity index (χ2n) is 4.64. The number of rotatable bonds is 5. The molecule has 0 radical (unpaired) electrons. The van der Waals surface area contributed by atoms with Gasteiger partial charge >= 0.3 is 0 Å². The average Bonchev–Trinajstić information content (AvgIpc) is 2.21. The van der Waals surface area contributed by atoms with Crippen molar-refractivity contribution in [1.82, 2.24) is 5.32 Å². The molecule has 2 atom stereocenters. The zero-order chi connectivity index (χ0) is 11.3. The lowest BCUT2D eigenvalue weighted by Crippen LogP contribution is -2.23. The van der Waals surface area contributed by atoms with E-state index < -0.39 is 0 Å². The van der Waals surface area contributed by atoms with E-state index in [4.69, 9.17) is 0 Å². The van der Waals surface area contributed by atoms with Crippen LogP contribution < -0.4 is 5.32 Å². The third kappa shape index (κ3) is 3.67. The monoisotopic (exact) mass is 205 g/mol. The Labute approximate surface area is 93.9 Å². The number of hydrogen-bond donors (Lipinski definition) is 1. The molecule has 0 amide bonds. The molecule has 0 fully saturated rings. The molecule has 0 saturated carbocycles. The Bertz CT molecular complexity index is 293. The Morgan fingerprint density at radius 1 is 1.13 bits per heavy atom. The van der Waals surface area contributed by atoms with Crippen LogP contribution in [0.3, 0.4) is 0 Å². The average molecular weight is 205 g/mol. The Morgan fingerprint density at radius 2 is 1.80 bits per heavy atom. The van der Waals surface area contributed by atoms with Gasteiger partial charge in [0.25, 0.3) is 0 Å². The van der Waals surface area contributed by atoms with Gasteiger partial charge in [0.2, 0.25) is 0 Å². The number of aryl methyl sites for hydroxylation is 1. The minimum Gasteiger partial charge on any atom is -0.319 e. The maximum absolute atomic E-state index is 3.25.